The zero-order valence-electron chi connectivity index (χ0n) is 33.2. The molecule has 0 saturated heterocycles. The van der Waals surface area contributed by atoms with Gasteiger partial charge < -0.3 is 28.1 Å². The molecule has 0 amide bonds. The molecule has 5 heterocycles. The maximum absolute atomic E-state index is 6.49. The Kier molecular flexibility index (Phi) is 7.16. The van der Waals surface area contributed by atoms with E-state index in [0.717, 1.165) is 95.8 Å². The number of nitrogens with zero attached hydrogens (tertiary/aromatic N) is 2. The first-order chi connectivity index (χ1) is 28.7. The summed E-state index contributed by atoms with van der Waals surface area (Å²) >= 11 is 0. The Balaban J connectivity index is 1.12. The normalized spacial score (nSPS) is 13.9. The van der Waals surface area contributed by atoms with E-state index in [-0.39, 0.29) is 18.9 Å². The second kappa shape index (κ2) is 12.4. The highest BCUT2D eigenvalue weighted by Crippen LogP contribution is 2.48. The van der Waals surface area contributed by atoms with Crippen LogP contribution in [0.15, 0.2) is 160 Å². The summed E-state index contributed by atoms with van der Waals surface area (Å²) in [5.41, 5.74) is 16.4. The number of anilines is 6. The van der Waals surface area contributed by atoms with Crippen LogP contribution < -0.4 is 35.7 Å². The van der Waals surface area contributed by atoms with E-state index in [1.54, 1.807) is 0 Å². The summed E-state index contributed by atoms with van der Waals surface area (Å²) in [4.78, 5) is 4.86. The van der Waals surface area contributed by atoms with Crippen LogP contribution in [0.3, 0.4) is 0 Å². The number of benzene rings is 7. The van der Waals surface area contributed by atoms with Gasteiger partial charge in [-0.25, -0.2) is 0 Å². The molecular weight excluding hydrogens is 727 g/mol. The number of ether oxygens (including phenoxy) is 2. The van der Waals surface area contributed by atoms with E-state index in [2.05, 4.69) is 159 Å². The molecule has 0 unspecified atom stereocenters. The standard InChI is InChI=1S/C52H39BN2O4/c1-31-22-43-51-44(23-31)55(38-13-9-12-32(24-38)47-26-33-10-5-7-14-45(33)58-47)41-25-35(48-27-34-11-6-8-15-46(34)59-48)16-21-39(41)53(51)40-28-49-50(57-30-56-49)29-42(40)54(43)37-19-17-36(18-20-37)52(2,3)4/h5-29H,30H2,1-4H3. The molecule has 3 aliphatic rings. The van der Waals surface area contributed by atoms with Crippen LogP contribution in [0.1, 0.15) is 31.9 Å². The minimum Gasteiger partial charge on any atom is -0.456 e. The molecule has 284 valence electrons. The summed E-state index contributed by atoms with van der Waals surface area (Å²) in [5.74, 6) is 3.19. The van der Waals surface area contributed by atoms with Gasteiger partial charge in [0, 0.05) is 62.1 Å². The molecule has 9 aromatic rings. The van der Waals surface area contributed by atoms with Crippen molar-refractivity contribution in [2.24, 2.45) is 0 Å². The summed E-state index contributed by atoms with van der Waals surface area (Å²) in [6.45, 7) is 9.09. The molecule has 0 fully saturated rings. The fraction of sp³-hybridized carbons (Fsp3) is 0.115. The topological polar surface area (TPSA) is 51.2 Å². The van der Waals surface area contributed by atoms with Gasteiger partial charge in [0.05, 0.1) is 0 Å². The number of fused-ring (bicyclic) bond motifs is 7. The van der Waals surface area contributed by atoms with Crippen molar-refractivity contribution in [3.63, 3.8) is 0 Å². The Morgan fingerprint density at radius 3 is 1.78 bits per heavy atom. The largest absolute Gasteiger partial charge is 0.456 e. The van der Waals surface area contributed by atoms with Crippen molar-refractivity contribution in [2.45, 2.75) is 33.1 Å². The molecule has 3 aliphatic heterocycles. The van der Waals surface area contributed by atoms with Gasteiger partial charge in [0.25, 0.3) is 6.71 Å². The molecule has 0 radical (unpaired) electrons. The van der Waals surface area contributed by atoms with Gasteiger partial charge in [-0.05, 0) is 113 Å². The molecule has 7 aromatic carbocycles. The molecule has 59 heavy (non-hydrogen) atoms. The Morgan fingerprint density at radius 1 is 0.508 bits per heavy atom. The van der Waals surface area contributed by atoms with Crippen LogP contribution in [0.4, 0.5) is 34.1 Å². The average Bonchev–Trinajstić information content (AvgIpc) is 4.01. The molecule has 0 spiro atoms. The van der Waals surface area contributed by atoms with Gasteiger partial charge in [-0.3, -0.25) is 0 Å². The second-order valence-electron chi connectivity index (χ2n) is 17.0. The summed E-state index contributed by atoms with van der Waals surface area (Å²) in [6.07, 6.45) is 0. The van der Waals surface area contributed by atoms with E-state index in [9.17, 15) is 0 Å². The van der Waals surface area contributed by atoms with Gasteiger partial charge in [-0.15, -0.1) is 0 Å². The maximum Gasteiger partial charge on any atom is 0.252 e. The van der Waals surface area contributed by atoms with Crippen LogP contribution in [-0.4, -0.2) is 13.5 Å². The molecule has 0 saturated carbocycles. The maximum atomic E-state index is 6.49. The summed E-state index contributed by atoms with van der Waals surface area (Å²) in [7, 11) is 0. The highest BCUT2D eigenvalue weighted by molar-refractivity contribution is 7.00. The zero-order valence-corrected chi connectivity index (χ0v) is 33.2. The lowest BCUT2D eigenvalue weighted by molar-refractivity contribution is 0.174. The van der Waals surface area contributed by atoms with Gasteiger partial charge >= 0.3 is 0 Å². The minimum absolute atomic E-state index is 0.0281. The first-order valence-electron chi connectivity index (χ1n) is 20.3. The smallest absolute Gasteiger partial charge is 0.252 e. The number of aryl methyl sites for hydroxylation is 1. The predicted octanol–water partition coefficient (Wildman–Crippen LogP) is 11.9. The van der Waals surface area contributed by atoms with E-state index in [0.29, 0.717) is 0 Å². The third-order valence-corrected chi connectivity index (χ3v) is 12.2. The minimum atomic E-state index is -0.0928. The van der Waals surface area contributed by atoms with Crippen molar-refractivity contribution in [1.82, 2.24) is 0 Å². The zero-order chi connectivity index (χ0) is 39.6. The average molecular weight is 767 g/mol. The third-order valence-electron chi connectivity index (χ3n) is 12.2. The van der Waals surface area contributed by atoms with E-state index in [1.165, 1.54) is 22.0 Å². The summed E-state index contributed by atoms with van der Waals surface area (Å²) < 4.78 is 25.1. The fourth-order valence-corrected chi connectivity index (χ4v) is 9.38. The SMILES string of the molecule is Cc1cc2c3c(c1)N(c1ccc(C(C)(C)C)cc1)c1cc4c(cc1B3c1ccc(-c3cc5ccccc5o3)cc1N2c1cccc(-c2cc3ccccc3o2)c1)OCO4. The summed E-state index contributed by atoms with van der Waals surface area (Å²) in [6, 6.07) is 54.3. The lowest BCUT2D eigenvalue weighted by atomic mass is 9.33. The van der Waals surface area contributed by atoms with Crippen molar-refractivity contribution >= 4 is 79.2 Å². The monoisotopic (exact) mass is 766 g/mol. The Bertz CT molecular complexity index is 3110. The molecule has 6 nitrogen and oxygen atoms in total. The van der Waals surface area contributed by atoms with Crippen LogP contribution in [0.25, 0.3) is 44.6 Å². The van der Waals surface area contributed by atoms with Gasteiger partial charge in [0.1, 0.15) is 22.7 Å². The van der Waals surface area contributed by atoms with Crippen LogP contribution in [0.2, 0.25) is 0 Å². The molecule has 12 rings (SSSR count). The molecule has 7 heteroatoms. The fourth-order valence-electron chi connectivity index (χ4n) is 9.38. The van der Waals surface area contributed by atoms with Crippen molar-refractivity contribution < 1.29 is 18.3 Å². The van der Waals surface area contributed by atoms with Gasteiger partial charge in [0.2, 0.25) is 6.79 Å². The molecule has 0 atom stereocenters. The number of hydrogen-bond donors (Lipinski definition) is 0. The van der Waals surface area contributed by atoms with Crippen LogP contribution in [0, 0.1) is 6.92 Å². The Labute approximate surface area is 342 Å². The molecule has 2 aromatic heterocycles. The van der Waals surface area contributed by atoms with Crippen molar-refractivity contribution in [3.05, 3.63) is 163 Å². The quantitative estimate of drug-likeness (QED) is 0.166. The highest BCUT2D eigenvalue weighted by atomic mass is 16.7. The van der Waals surface area contributed by atoms with Crippen molar-refractivity contribution in [3.8, 4) is 34.1 Å². The number of hydrogen-bond acceptors (Lipinski definition) is 6. The number of furan rings is 2. The Morgan fingerprint density at radius 2 is 1.12 bits per heavy atom. The molecule has 0 bridgehead atoms. The van der Waals surface area contributed by atoms with E-state index >= 15 is 0 Å². The molecule has 0 aliphatic carbocycles. The van der Waals surface area contributed by atoms with Crippen molar-refractivity contribution in [2.75, 3.05) is 16.6 Å². The van der Waals surface area contributed by atoms with E-state index < -0.39 is 0 Å². The van der Waals surface area contributed by atoms with E-state index in [4.69, 9.17) is 18.3 Å². The second-order valence-corrected chi connectivity index (χ2v) is 17.0. The number of para-hydroxylation sites is 2. The van der Waals surface area contributed by atoms with Crippen LogP contribution in [-0.2, 0) is 5.41 Å². The molecule has 0 N–H and O–H groups in total. The number of rotatable bonds is 4. The summed E-state index contributed by atoms with van der Waals surface area (Å²) in [5, 5.41) is 2.16. The van der Waals surface area contributed by atoms with Crippen molar-refractivity contribution in [1.29, 1.82) is 0 Å². The van der Waals surface area contributed by atoms with Crippen LogP contribution in [0.5, 0.6) is 11.5 Å². The Hall–Kier alpha value is -7.12. The third kappa shape index (κ3) is 5.27. The lowest BCUT2D eigenvalue weighted by Gasteiger charge is -2.44. The first kappa shape index (κ1) is 34.0. The molecular formula is C52H39BN2O4. The van der Waals surface area contributed by atoms with E-state index in [1.807, 2.05) is 30.3 Å². The predicted molar refractivity (Wildman–Crippen MR) is 240 cm³/mol. The lowest BCUT2D eigenvalue weighted by Crippen LogP contribution is -2.61. The first-order valence-corrected chi connectivity index (χ1v) is 20.3. The van der Waals surface area contributed by atoms with Gasteiger partial charge in [-0.2, -0.15) is 0 Å². The van der Waals surface area contributed by atoms with Crippen LogP contribution >= 0.6 is 0 Å². The van der Waals surface area contributed by atoms with Gasteiger partial charge in [0.15, 0.2) is 11.5 Å². The van der Waals surface area contributed by atoms with Gasteiger partial charge in [-0.1, -0.05) is 93.6 Å². The highest BCUT2D eigenvalue weighted by Gasteiger charge is 2.44.